The van der Waals surface area contributed by atoms with Crippen molar-refractivity contribution in [1.29, 1.82) is 0 Å². The van der Waals surface area contributed by atoms with Crippen LogP contribution in [0, 0.1) is 11.7 Å². The fourth-order valence-electron chi connectivity index (χ4n) is 3.87. The van der Waals surface area contributed by atoms with Crippen molar-refractivity contribution in [2.45, 2.75) is 38.3 Å². The molecule has 4 rings (SSSR count). The van der Waals surface area contributed by atoms with Gasteiger partial charge in [-0.2, -0.15) is 0 Å². The zero-order valence-electron chi connectivity index (χ0n) is 15.0. The van der Waals surface area contributed by atoms with Gasteiger partial charge in [-0.15, -0.1) is 12.4 Å². The highest BCUT2D eigenvalue weighted by Crippen LogP contribution is 2.38. The molecule has 1 aromatic carbocycles. The van der Waals surface area contributed by atoms with Crippen LogP contribution in [0.15, 0.2) is 23.0 Å². The minimum absolute atomic E-state index is 0. The molecule has 1 aliphatic heterocycles. The minimum atomic E-state index is -1.28. The standard InChI is InChI=1S/C19H22FN3O3.ClH/c1-10(21)11-4-5-22(9-11)17-8-16-12(7-15(17)20)6-14(19(25)26)18(24)23(16)13-2-3-13;/h6-8,10-11,13H,2-5,9,21H2,1H3,(H,25,26);1H/t10-,11+;/m0./s1. The van der Waals surface area contributed by atoms with Crippen LogP contribution in [0.1, 0.15) is 42.6 Å². The SMILES string of the molecule is C[C@H](N)[C@@H]1CCN(c2cc3c(cc2F)cc(C(=O)O)c(=O)n3C2CC2)C1.Cl. The van der Waals surface area contributed by atoms with Gasteiger partial charge in [-0.05, 0) is 50.3 Å². The number of nitrogens with two attached hydrogens (primary N) is 1. The third kappa shape index (κ3) is 3.41. The van der Waals surface area contributed by atoms with Gasteiger partial charge in [-0.3, -0.25) is 4.79 Å². The molecule has 146 valence electrons. The van der Waals surface area contributed by atoms with Gasteiger partial charge in [0.1, 0.15) is 11.4 Å². The lowest BCUT2D eigenvalue weighted by Crippen LogP contribution is -2.30. The van der Waals surface area contributed by atoms with E-state index < -0.39 is 17.3 Å². The van der Waals surface area contributed by atoms with Crippen molar-refractivity contribution in [3.63, 3.8) is 0 Å². The number of nitrogens with zero attached hydrogens (tertiary/aromatic N) is 2. The first-order valence-corrected chi connectivity index (χ1v) is 8.99. The Morgan fingerprint density at radius 2 is 2.00 bits per heavy atom. The van der Waals surface area contributed by atoms with Crippen molar-refractivity contribution in [2.75, 3.05) is 18.0 Å². The first-order valence-electron chi connectivity index (χ1n) is 8.99. The van der Waals surface area contributed by atoms with Gasteiger partial charge < -0.3 is 20.3 Å². The monoisotopic (exact) mass is 395 g/mol. The summed E-state index contributed by atoms with van der Waals surface area (Å²) in [6, 6.07) is 4.36. The molecular formula is C19H23ClFN3O3. The molecule has 3 N–H and O–H groups in total. The number of aromatic carboxylic acids is 1. The number of aromatic nitrogens is 1. The number of anilines is 1. The van der Waals surface area contributed by atoms with E-state index in [4.69, 9.17) is 5.73 Å². The predicted octanol–water partition coefficient (Wildman–Crippen LogP) is 2.77. The highest BCUT2D eigenvalue weighted by atomic mass is 35.5. The number of halogens is 2. The fourth-order valence-corrected chi connectivity index (χ4v) is 3.87. The van der Waals surface area contributed by atoms with Crippen molar-refractivity contribution < 1.29 is 14.3 Å². The average Bonchev–Trinajstić information content (AvgIpc) is 3.28. The molecule has 2 aliphatic rings. The lowest BCUT2D eigenvalue weighted by atomic mass is 10.0. The first kappa shape index (κ1) is 19.6. The van der Waals surface area contributed by atoms with Gasteiger partial charge >= 0.3 is 5.97 Å². The Hall–Kier alpha value is -2.12. The van der Waals surface area contributed by atoms with Crippen LogP contribution in [0.25, 0.3) is 10.9 Å². The van der Waals surface area contributed by atoms with Crippen LogP contribution in [0.3, 0.4) is 0 Å². The second-order valence-corrected chi connectivity index (χ2v) is 7.49. The number of pyridine rings is 1. The quantitative estimate of drug-likeness (QED) is 0.831. The second kappa shape index (κ2) is 7.13. The smallest absolute Gasteiger partial charge is 0.341 e. The molecular weight excluding hydrogens is 373 g/mol. The highest BCUT2D eigenvalue weighted by molar-refractivity contribution is 5.93. The summed E-state index contributed by atoms with van der Waals surface area (Å²) in [6.45, 7) is 3.36. The molecule has 27 heavy (non-hydrogen) atoms. The topological polar surface area (TPSA) is 88.6 Å². The summed E-state index contributed by atoms with van der Waals surface area (Å²) < 4.78 is 16.3. The van der Waals surface area contributed by atoms with Gasteiger partial charge in [0.25, 0.3) is 5.56 Å². The van der Waals surface area contributed by atoms with E-state index >= 15 is 0 Å². The van der Waals surface area contributed by atoms with E-state index in [1.807, 2.05) is 11.8 Å². The minimum Gasteiger partial charge on any atom is -0.477 e. The normalized spacial score (nSPS) is 20.6. The van der Waals surface area contributed by atoms with Crippen LogP contribution in [0.5, 0.6) is 0 Å². The van der Waals surface area contributed by atoms with Gasteiger partial charge in [0.15, 0.2) is 0 Å². The molecule has 2 heterocycles. The Morgan fingerprint density at radius 3 is 2.56 bits per heavy atom. The molecule has 0 spiro atoms. The molecule has 0 unspecified atom stereocenters. The van der Waals surface area contributed by atoms with E-state index in [0.29, 0.717) is 29.1 Å². The van der Waals surface area contributed by atoms with Crippen LogP contribution < -0.4 is 16.2 Å². The average molecular weight is 396 g/mol. The Morgan fingerprint density at radius 1 is 1.30 bits per heavy atom. The highest BCUT2D eigenvalue weighted by Gasteiger charge is 2.31. The molecule has 8 heteroatoms. The molecule has 0 radical (unpaired) electrons. The number of fused-ring (bicyclic) bond motifs is 1. The van der Waals surface area contributed by atoms with Crippen LogP contribution in [-0.4, -0.2) is 34.8 Å². The molecule has 2 atom stereocenters. The van der Waals surface area contributed by atoms with Gasteiger partial charge in [0.05, 0.1) is 11.2 Å². The third-order valence-corrected chi connectivity index (χ3v) is 5.56. The van der Waals surface area contributed by atoms with E-state index in [-0.39, 0.29) is 30.1 Å². The molecule has 1 saturated carbocycles. The summed E-state index contributed by atoms with van der Waals surface area (Å²) in [7, 11) is 0. The van der Waals surface area contributed by atoms with Gasteiger partial charge in [-0.1, -0.05) is 0 Å². The summed E-state index contributed by atoms with van der Waals surface area (Å²) in [5.74, 6) is -1.37. The van der Waals surface area contributed by atoms with E-state index in [1.165, 1.54) is 16.7 Å². The van der Waals surface area contributed by atoms with E-state index in [0.717, 1.165) is 25.8 Å². The van der Waals surface area contributed by atoms with Crippen LogP contribution in [0.2, 0.25) is 0 Å². The predicted molar refractivity (Wildman–Crippen MR) is 105 cm³/mol. The van der Waals surface area contributed by atoms with Crippen molar-refractivity contribution in [2.24, 2.45) is 11.7 Å². The summed E-state index contributed by atoms with van der Waals surface area (Å²) in [6.07, 6.45) is 2.57. The molecule has 0 bridgehead atoms. The van der Waals surface area contributed by atoms with Crippen molar-refractivity contribution in [3.05, 3.63) is 39.9 Å². The van der Waals surface area contributed by atoms with E-state index in [9.17, 15) is 19.1 Å². The first-order chi connectivity index (χ1) is 12.4. The molecule has 0 amide bonds. The zero-order valence-corrected chi connectivity index (χ0v) is 15.8. The van der Waals surface area contributed by atoms with Crippen molar-refractivity contribution in [3.8, 4) is 0 Å². The lowest BCUT2D eigenvalue weighted by molar-refractivity contribution is 0.0694. The maximum Gasteiger partial charge on any atom is 0.341 e. The maximum absolute atomic E-state index is 14.8. The number of hydrogen-bond donors (Lipinski definition) is 2. The number of carboxylic acid groups (broad SMARTS) is 1. The number of hydrogen-bond acceptors (Lipinski definition) is 4. The summed E-state index contributed by atoms with van der Waals surface area (Å²) >= 11 is 0. The number of rotatable bonds is 4. The van der Waals surface area contributed by atoms with Gasteiger partial charge in [0, 0.05) is 30.6 Å². The zero-order chi connectivity index (χ0) is 18.6. The van der Waals surface area contributed by atoms with E-state index in [1.54, 1.807) is 6.07 Å². The molecule has 6 nitrogen and oxygen atoms in total. The van der Waals surface area contributed by atoms with Gasteiger partial charge in [-0.25, -0.2) is 9.18 Å². The number of benzene rings is 1. The molecule has 2 aromatic rings. The molecule has 2 fully saturated rings. The van der Waals surface area contributed by atoms with E-state index in [2.05, 4.69) is 0 Å². The van der Waals surface area contributed by atoms with Crippen LogP contribution >= 0.6 is 12.4 Å². The Kier molecular flexibility index (Phi) is 5.18. The van der Waals surface area contributed by atoms with Crippen molar-refractivity contribution in [1.82, 2.24) is 4.57 Å². The van der Waals surface area contributed by atoms with Crippen molar-refractivity contribution >= 4 is 35.0 Å². The number of carbonyl (C=O) groups is 1. The summed E-state index contributed by atoms with van der Waals surface area (Å²) in [5, 5.41) is 9.74. The third-order valence-electron chi connectivity index (χ3n) is 5.56. The Labute approximate surface area is 162 Å². The molecule has 1 saturated heterocycles. The fraction of sp³-hybridized carbons (Fsp3) is 0.474. The maximum atomic E-state index is 14.8. The Balaban J connectivity index is 0.00000210. The van der Waals surface area contributed by atoms with Crippen LogP contribution in [0.4, 0.5) is 10.1 Å². The largest absolute Gasteiger partial charge is 0.477 e. The summed E-state index contributed by atoms with van der Waals surface area (Å²) in [4.78, 5) is 26.0. The lowest BCUT2D eigenvalue weighted by Gasteiger charge is -2.22. The van der Waals surface area contributed by atoms with Gasteiger partial charge in [0.2, 0.25) is 0 Å². The number of carboxylic acids is 1. The summed E-state index contributed by atoms with van der Waals surface area (Å²) in [5.41, 5.74) is 6.21. The molecule has 1 aromatic heterocycles. The second-order valence-electron chi connectivity index (χ2n) is 7.49. The molecule has 1 aliphatic carbocycles. The Bertz CT molecular complexity index is 955. The van der Waals surface area contributed by atoms with Crippen LogP contribution in [-0.2, 0) is 0 Å².